The number of rotatable bonds is 9. The summed E-state index contributed by atoms with van der Waals surface area (Å²) in [5.74, 6) is -0.275. The molecule has 1 N–H and O–H groups in total. The van der Waals surface area contributed by atoms with Crippen LogP contribution in [0.5, 0.6) is 5.75 Å². The van der Waals surface area contributed by atoms with Crippen molar-refractivity contribution in [1.29, 1.82) is 0 Å². The summed E-state index contributed by atoms with van der Waals surface area (Å²) in [6, 6.07) is 14.3. The molecule has 0 amide bonds. The largest absolute Gasteiger partial charge is 0.522 e. The highest BCUT2D eigenvalue weighted by Crippen LogP contribution is 2.45. The van der Waals surface area contributed by atoms with Crippen LogP contribution in [0.4, 0.5) is 13.2 Å². The van der Waals surface area contributed by atoms with Crippen molar-refractivity contribution >= 4 is 30.4 Å². The molecular weight excluding hydrogens is 593 g/mol. The number of hydrogen-bond acceptors (Lipinski definition) is 8. The van der Waals surface area contributed by atoms with E-state index in [0.717, 1.165) is 11.1 Å². The minimum atomic E-state index is -5.53. The second kappa shape index (κ2) is 17.3. The van der Waals surface area contributed by atoms with Crippen LogP contribution in [-0.2, 0) is 45.9 Å². The SMILES string of the molecule is CC(C)[Si](OS(=O)(=O)C(F)(F)F)(C(C)C)C(C)C.COC(=O)Cc1ccc(C)cc1.COC(=O)Cc1ccc(O)cc1. The zero-order valence-electron chi connectivity index (χ0n) is 25.6. The summed E-state index contributed by atoms with van der Waals surface area (Å²) in [6.45, 7) is 12.3. The second-order valence-electron chi connectivity index (χ2n) is 10.5. The minimum Gasteiger partial charge on any atom is -0.508 e. The lowest BCUT2D eigenvalue weighted by Crippen LogP contribution is -2.51. The lowest BCUT2D eigenvalue weighted by molar-refractivity contribution is -0.140. The van der Waals surface area contributed by atoms with Crippen molar-refractivity contribution in [2.24, 2.45) is 0 Å². The van der Waals surface area contributed by atoms with Crippen LogP contribution in [0.1, 0.15) is 58.2 Å². The number of aromatic hydroxyl groups is 1. The standard InChI is InChI=1S/C10H21F3O3SSi.C10H12O2.C9H10O3/c1-7(2)18(8(3)4,9(5)6)16-17(14,15)10(11,12)13;1-8-3-5-9(6-4-8)7-10(11)12-2;1-12-9(11)6-7-2-4-8(10)5-3-7/h7-9H,1-6H3;3-6H,7H2,1-2H3;2-5,10H,6H2,1H3. The van der Waals surface area contributed by atoms with Gasteiger partial charge in [-0.25, -0.2) is 0 Å². The molecule has 0 aliphatic heterocycles. The average Bonchev–Trinajstić information content (AvgIpc) is 2.89. The number of carbonyl (C=O) groups is 2. The van der Waals surface area contributed by atoms with Crippen molar-refractivity contribution in [3.8, 4) is 5.75 Å². The predicted molar refractivity (Wildman–Crippen MR) is 158 cm³/mol. The number of benzene rings is 2. The Morgan fingerprint density at radius 2 is 1.10 bits per heavy atom. The van der Waals surface area contributed by atoms with Crippen molar-refractivity contribution in [3.05, 3.63) is 65.2 Å². The molecule has 2 aromatic rings. The van der Waals surface area contributed by atoms with E-state index in [2.05, 4.69) is 9.47 Å². The molecule has 2 aromatic carbocycles. The Morgan fingerprint density at radius 1 is 0.762 bits per heavy atom. The lowest BCUT2D eigenvalue weighted by atomic mass is 10.1. The van der Waals surface area contributed by atoms with Crippen molar-refractivity contribution in [1.82, 2.24) is 0 Å². The van der Waals surface area contributed by atoms with Crippen LogP contribution in [-0.4, -0.2) is 53.5 Å². The van der Waals surface area contributed by atoms with Crippen molar-refractivity contribution < 1.29 is 49.6 Å². The number of alkyl halides is 3. The van der Waals surface area contributed by atoms with Crippen LogP contribution in [0.15, 0.2) is 48.5 Å². The third kappa shape index (κ3) is 12.5. The van der Waals surface area contributed by atoms with E-state index in [9.17, 15) is 31.2 Å². The Morgan fingerprint density at radius 3 is 1.38 bits per heavy atom. The molecule has 0 aliphatic rings. The number of carbonyl (C=O) groups excluding carboxylic acids is 2. The molecule has 0 atom stereocenters. The lowest BCUT2D eigenvalue weighted by Gasteiger charge is -2.40. The number of esters is 2. The summed E-state index contributed by atoms with van der Waals surface area (Å²) >= 11 is 0. The van der Waals surface area contributed by atoms with E-state index in [1.54, 1.807) is 53.7 Å². The van der Waals surface area contributed by atoms with Gasteiger partial charge in [-0.2, -0.15) is 21.6 Å². The van der Waals surface area contributed by atoms with Gasteiger partial charge in [0.05, 0.1) is 27.1 Å². The van der Waals surface area contributed by atoms with Gasteiger partial charge >= 0.3 is 27.6 Å². The molecule has 0 fully saturated rings. The van der Waals surface area contributed by atoms with Gasteiger partial charge in [0.15, 0.2) is 0 Å². The maximum absolute atomic E-state index is 12.5. The van der Waals surface area contributed by atoms with E-state index in [0.29, 0.717) is 6.42 Å². The molecule has 0 spiro atoms. The van der Waals surface area contributed by atoms with Gasteiger partial charge in [0.2, 0.25) is 8.32 Å². The van der Waals surface area contributed by atoms with E-state index in [-0.39, 0.29) is 40.7 Å². The topological polar surface area (TPSA) is 116 Å². The van der Waals surface area contributed by atoms with Crippen LogP contribution < -0.4 is 0 Å². The van der Waals surface area contributed by atoms with Gasteiger partial charge < -0.3 is 18.5 Å². The smallest absolute Gasteiger partial charge is 0.508 e. The zero-order valence-corrected chi connectivity index (χ0v) is 27.4. The van der Waals surface area contributed by atoms with E-state index in [4.69, 9.17) is 8.98 Å². The van der Waals surface area contributed by atoms with Crippen LogP contribution in [0.3, 0.4) is 0 Å². The van der Waals surface area contributed by atoms with Crippen molar-refractivity contribution in [3.63, 3.8) is 0 Å². The predicted octanol–water partition coefficient (Wildman–Crippen LogP) is 6.85. The number of aryl methyl sites for hydroxylation is 1. The number of methoxy groups -OCH3 is 2. The van der Waals surface area contributed by atoms with E-state index in [1.807, 2.05) is 31.2 Å². The number of phenolic OH excluding ortho intramolecular Hbond substituents is 1. The summed E-state index contributed by atoms with van der Waals surface area (Å²) in [5.41, 5.74) is -3.02. The molecule has 0 radical (unpaired) electrons. The van der Waals surface area contributed by atoms with Crippen molar-refractivity contribution in [2.75, 3.05) is 14.2 Å². The molecule has 13 heteroatoms. The highest BCUT2D eigenvalue weighted by atomic mass is 32.2. The normalized spacial score (nSPS) is 11.8. The van der Waals surface area contributed by atoms with Gasteiger partial charge in [-0.15, -0.1) is 0 Å². The Labute approximate surface area is 248 Å². The van der Waals surface area contributed by atoms with Crippen LogP contribution in [0.2, 0.25) is 16.6 Å². The Balaban J connectivity index is 0.000000618. The zero-order chi connectivity index (χ0) is 32.9. The fourth-order valence-electron chi connectivity index (χ4n) is 4.32. The van der Waals surface area contributed by atoms with Gasteiger partial charge in [-0.1, -0.05) is 83.5 Å². The molecule has 2 rings (SSSR count). The van der Waals surface area contributed by atoms with E-state index >= 15 is 0 Å². The van der Waals surface area contributed by atoms with Gasteiger partial charge in [0, 0.05) is 0 Å². The molecule has 0 saturated heterocycles. The summed E-state index contributed by atoms with van der Waals surface area (Å²) in [4.78, 5) is 21.6. The number of halogens is 3. The number of phenols is 1. The number of ether oxygens (including phenoxy) is 2. The summed E-state index contributed by atoms with van der Waals surface area (Å²) in [5, 5.41) is 8.93. The third-order valence-corrected chi connectivity index (χ3v) is 14.5. The van der Waals surface area contributed by atoms with Crippen molar-refractivity contribution in [2.45, 2.75) is 83.4 Å². The molecule has 8 nitrogen and oxygen atoms in total. The molecule has 238 valence electrons. The molecule has 0 bridgehead atoms. The molecule has 0 unspecified atom stereocenters. The minimum absolute atomic E-state index is 0.196. The highest BCUT2D eigenvalue weighted by molar-refractivity contribution is 7.88. The van der Waals surface area contributed by atoms with Gasteiger partial charge in [-0.3, -0.25) is 9.59 Å². The van der Waals surface area contributed by atoms with Gasteiger partial charge in [0.25, 0.3) is 0 Å². The Kier molecular flexibility index (Phi) is 16.1. The maximum Gasteiger partial charge on any atom is 0.522 e. The highest BCUT2D eigenvalue weighted by Gasteiger charge is 2.56. The number of hydrogen-bond donors (Lipinski definition) is 1. The Hall–Kier alpha value is -2.90. The fraction of sp³-hybridized carbons (Fsp3) is 0.517. The van der Waals surface area contributed by atoms with E-state index in [1.165, 1.54) is 31.9 Å². The van der Waals surface area contributed by atoms with Crippen LogP contribution in [0.25, 0.3) is 0 Å². The second-order valence-corrected chi connectivity index (χ2v) is 17.7. The summed E-state index contributed by atoms with van der Waals surface area (Å²) < 4.78 is 73.7. The first-order valence-corrected chi connectivity index (χ1v) is 16.8. The first kappa shape index (κ1) is 39.1. The molecular formula is C29H43F3O8SSi. The summed E-state index contributed by atoms with van der Waals surface area (Å²) in [7, 11) is -5.86. The summed E-state index contributed by atoms with van der Waals surface area (Å²) in [6.07, 6.45) is 0.605. The quantitative estimate of drug-likeness (QED) is 0.181. The molecule has 0 saturated carbocycles. The average molecular weight is 637 g/mol. The van der Waals surface area contributed by atoms with Gasteiger partial charge in [-0.05, 0) is 46.8 Å². The maximum atomic E-state index is 12.5. The first-order valence-electron chi connectivity index (χ1n) is 13.2. The third-order valence-electron chi connectivity index (χ3n) is 6.45. The van der Waals surface area contributed by atoms with E-state index < -0.39 is 23.9 Å². The molecule has 0 heterocycles. The molecule has 0 aliphatic carbocycles. The molecule has 0 aromatic heterocycles. The monoisotopic (exact) mass is 636 g/mol. The van der Waals surface area contributed by atoms with Crippen LogP contribution in [0, 0.1) is 6.92 Å². The van der Waals surface area contributed by atoms with Crippen LogP contribution >= 0.6 is 0 Å². The molecule has 42 heavy (non-hydrogen) atoms. The van der Waals surface area contributed by atoms with Gasteiger partial charge in [0.1, 0.15) is 5.75 Å². The fourth-order valence-corrected chi connectivity index (χ4v) is 12.5. The first-order chi connectivity index (χ1) is 19.2. The Bertz CT molecular complexity index is 1130.